The Morgan fingerprint density at radius 2 is 0.950 bits per heavy atom. The van der Waals surface area contributed by atoms with Gasteiger partial charge >= 0.3 is 11.9 Å². The van der Waals surface area contributed by atoms with Gasteiger partial charge in [-0.25, -0.2) is 9.59 Å². The minimum atomic E-state index is -0.984. The average molecular weight is 539 g/mol. The average Bonchev–Trinajstić information content (AvgIpc) is 2.97. The topological polar surface area (TPSA) is 126 Å². The van der Waals surface area contributed by atoms with Crippen LogP contribution >= 0.6 is 0 Å². The monoisotopic (exact) mass is 538 g/mol. The third-order valence-electron chi connectivity index (χ3n) is 5.12. The molecule has 0 bridgehead atoms. The third kappa shape index (κ3) is 11.3. The number of benzene rings is 4. The number of carboxylic acids is 2. The molecule has 0 amide bonds. The van der Waals surface area contributed by atoms with Crippen molar-refractivity contribution in [2.75, 3.05) is 0 Å². The molecule has 0 atom stereocenters. The van der Waals surface area contributed by atoms with Crippen LogP contribution in [-0.2, 0) is 0 Å². The molecule has 7 heteroatoms. The first-order valence-electron chi connectivity index (χ1n) is 11.7. The lowest BCUT2D eigenvalue weighted by Crippen LogP contribution is -1.95. The molecule has 0 heterocycles. The Labute approximate surface area is 233 Å². The molecule has 204 valence electrons. The fourth-order valence-corrected chi connectivity index (χ4v) is 2.98. The van der Waals surface area contributed by atoms with Crippen molar-refractivity contribution in [2.24, 2.45) is 0 Å². The Morgan fingerprint density at radius 1 is 0.550 bits per heavy atom. The summed E-state index contributed by atoms with van der Waals surface area (Å²) >= 11 is 0. The van der Waals surface area contributed by atoms with E-state index in [0.717, 1.165) is 11.1 Å². The molecule has 4 aromatic rings. The van der Waals surface area contributed by atoms with E-state index in [-0.39, 0.29) is 30.1 Å². The van der Waals surface area contributed by atoms with Crippen LogP contribution in [0.3, 0.4) is 0 Å². The second-order valence-corrected chi connectivity index (χ2v) is 7.96. The smallest absolute Gasteiger partial charge is 0.335 e. The standard InChI is InChI=1S/C16H12O3.C8H6O3.C8H8O.CH4/c17-15(13-4-2-1-3-5-13)11-8-12-6-9-14(10-7-12)16(18)19;9-5-6-1-3-7(4-2-6)8(10)11;1-7(9)8-5-3-2-4-6-8;/h1-11H,(H,18,19);1-5H,(H,10,11);2-6H,1H3;1H4/b11-8+;;;. The first kappa shape index (κ1) is 32.6. The van der Waals surface area contributed by atoms with Gasteiger partial charge in [-0.1, -0.05) is 98.4 Å². The third-order valence-corrected chi connectivity index (χ3v) is 5.12. The van der Waals surface area contributed by atoms with Gasteiger partial charge in [0, 0.05) is 16.7 Å². The number of hydrogen-bond donors (Lipinski definition) is 2. The van der Waals surface area contributed by atoms with Gasteiger partial charge in [0.2, 0.25) is 0 Å². The van der Waals surface area contributed by atoms with Crippen molar-refractivity contribution in [1.29, 1.82) is 0 Å². The Kier molecular flexibility index (Phi) is 14.0. The van der Waals surface area contributed by atoms with E-state index in [4.69, 9.17) is 10.2 Å². The minimum absolute atomic E-state index is 0. The highest BCUT2D eigenvalue weighted by molar-refractivity contribution is 6.06. The van der Waals surface area contributed by atoms with E-state index >= 15 is 0 Å². The van der Waals surface area contributed by atoms with E-state index in [1.807, 2.05) is 48.5 Å². The van der Waals surface area contributed by atoms with E-state index in [1.165, 1.54) is 42.5 Å². The fraction of sp³-hybridized carbons (Fsp3) is 0.0606. The molecule has 0 radical (unpaired) electrons. The number of aromatic carboxylic acids is 2. The summed E-state index contributed by atoms with van der Waals surface area (Å²) in [5.41, 5.74) is 3.09. The Bertz CT molecular complexity index is 1420. The first-order valence-corrected chi connectivity index (χ1v) is 11.7. The first-order chi connectivity index (χ1) is 18.7. The molecule has 0 unspecified atom stereocenters. The SMILES string of the molecule is C.CC(=O)c1ccccc1.O=C(O)c1ccc(/C=C/C(=O)c2ccccc2)cc1.O=Cc1ccc(C(=O)O)cc1. The lowest BCUT2D eigenvalue weighted by atomic mass is 10.1. The van der Waals surface area contributed by atoms with Gasteiger partial charge in [-0.05, 0) is 42.8 Å². The van der Waals surface area contributed by atoms with Gasteiger partial charge in [-0.3, -0.25) is 14.4 Å². The zero-order valence-electron chi connectivity index (χ0n) is 21.1. The van der Waals surface area contributed by atoms with Crippen molar-refractivity contribution in [3.05, 3.63) is 149 Å². The predicted octanol–water partition coefficient (Wildman–Crippen LogP) is 7.00. The van der Waals surface area contributed by atoms with E-state index < -0.39 is 11.9 Å². The van der Waals surface area contributed by atoms with Crippen molar-refractivity contribution in [1.82, 2.24) is 0 Å². The molecule has 0 aliphatic rings. The minimum Gasteiger partial charge on any atom is -0.478 e. The summed E-state index contributed by atoms with van der Waals surface area (Å²) in [6.07, 6.45) is 3.82. The van der Waals surface area contributed by atoms with Crippen molar-refractivity contribution < 1.29 is 34.2 Å². The lowest BCUT2D eigenvalue weighted by molar-refractivity contribution is 0.0686. The molecule has 4 aromatic carbocycles. The molecule has 0 fully saturated rings. The maximum absolute atomic E-state index is 11.8. The van der Waals surface area contributed by atoms with E-state index in [9.17, 15) is 24.0 Å². The molecular weight excluding hydrogens is 508 g/mol. The highest BCUT2D eigenvalue weighted by Gasteiger charge is 2.02. The molecule has 4 rings (SSSR count). The van der Waals surface area contributed by atoms with Gasteiger partial charge in [0.15, 0.2) is 11.6 Å². The summed E-state index contributed by atoms with van der Waals surface area (Å²) in [5.74, 6) is -1.91. The molecule has 2 N–H and O–H groups in total. The zero-order chi connectivity index (χ0) is 28.6. The number of allylic oxidation sites excluding steroid dienone is 1. The predicted molar refractivity (Wildman–Crippen MR) is 155 cm³/mol. The van der Waals surface area contributed by atoms with Crippen LogP contribution in [0.15, 0.2) is 115 Å². The van der Waals surface area contributed by atoms with E-state index in [2.05, 4.69) is 0 Å². The summed E-state index contributed by atoms with van der Waals surface area (Å²) in [4.78, 5) is 53.6. The number of hydrogen-bond acceptors (Lipinski definition) is 5. The van der Waals surface area contributed by atoms with Crippen LogP contribution in [0.1, 0.15) is 71.7 Å². The highest BCUT2D eigenvalue weighted by atomic mass is 16.4. The van der Waals surface area contributed by atoms with Crippen molar-refractivity contribution in [3.63, 3.8) is 0 Å². The van der Waals surface area contributed by atoms with Crippen molar-refractivity contribution in [2.45, 2.75) is 14.4 Å². The van der Waals surface area contributed by atoms with Gasteiger partial charge < -0.3 is 10.2 Å². The number of ketones is 2. The molecule has 7 nitrogen and oxygen atoms in total. The van der Waals surface area contributed by atoms with Gasteiger partial charge in [0.1, 0.15) is 6.29 Å². The summed E-state index contributed by atoms with van der Waals surface area (Å²) < 4.78 is 0. The number of carbonyl (C=O) groups is 5. The summed E-state index contributed by atoms with van der Waals surface area (Å²) in [6, 6.07) is 30.3. The van der Waals surface area contributed by atoms with Crippen LogP contribution in [-0.4, -0.2) is 40.0 Å². The van der Waals surface area contributed by atoms with Crippen molar-refractivity contribution in [3.8, 4) is 0 Å². The number of Topliss-reactive ketones (excluding diaryl/α,β-unsaturated/α-hetero) is 1. The highest BCUT2D eigenvalue weighted by Crippen LogP contribution is 2.08. The number of carboxylic acid groups (broad SMARTS) is 2. The van der Waals surface area contributed by atoms with Gasteiger partial charge in [0.05, 0.1) is 11.1 Å². The largest absolute Gasteiger partial charge is 0.478 e. The molecule has 0 aliphatic carbocycles. The second-order valence-electron chi connectivity index (χ2n) is 7.96. The van der Waals surface area contributed by atoms with Gasteiger partial charge in [-0.15, -0.1) is 0 Å². The fourth-order valence-electron chi connectivity index (χ4n) is 2.98. The summed E-state index contributed by atoms with van der Waals surface area (Å²) in [7, 11) is 0. The lowest BCUT2D eigenvalue weighted by Gasteiger charge is -1.96. The number of rotatable bonds is 7. The molecule has 0 saturated carbocycles. The zero-order valence-corrected chi connectivity index (χ0v) is 21.1. The number of carbonyl (C=O) groups excluding carboxylic acids is 3. The van der Waals surface area contributed by atoms with Crippen LogP contribution < -0.4 is 0 Å². The van der Waals surface area contributed by atoms with Crippen LogP contribution in [0.25, 0.3) is 6.08 Å². The molecule has 0 aliphatic heterocycles. The van der Waals surface area contributed by atoms with Crippen molar-refractivity contribution >= 4 is 35.9 Å². The Hall–Kier alpha value is -5.43. The molecule has 0 saturated heterocycles. The van der Waals surface area contributed by atoms with Gasteiger partial charge in [0.25, 0.3) is 0 Å². The quantitative estimate of drug-likeness (QED) is 0.147. The van der Waals surface area contributed by atoms with Crippen LogP contribution in [0.2, 0.25) is 0 Å². The molecule has 0 aromatic heterocycles. The summed E-state index contributed by atoms with van der Waals surface area (Å²) in [5, 5.41) is 17.2. The second kappa shape index (κ2) is 17.1. The number of aldehydes is 1. The summed E-state index contributed by atoms with van der Waals surface area (Å²) in [6.45, 7) is 1.56. The van der Waals surface area contributed by atoms with Gasteiger partial charge in [-0.2, -0.15) is 0 Å². The maximum atomic E-state index is 11.8. The van der Waals surface area contributed by atoms with Crippen LogP contribution in [0.4, 0.5) is 0 Å². The van der Waals surface area contributed by atoms with Crippen LogP contribution in [0, 0.1) is 0 Å². The Morgan fingerprint density at radius 3 is 1.30 bits per heavy atom. The van der Waals surface area contributed by atoms with E-state index in [1.54, 1.807) is 37.3 Å². The maximum Gasteiger partial charge on any atom is 0.335 e. The normalized spacial score (nSPS) is 9.53. The van der Waals surface area contributed by atoms with Crippen LogP contribution in [0.5, 0.6) is 0 Å². The van der Waals surface area contributed by atoms with E-state index in [0.29, 0.717) is 17.4 Å². The molecule has 40 heavy (non-hydrogen) atoms. The molecule has 0 spiro atoms. The molecular formula is C33H30O7. The Balaban J connectivity index is 0.000000324.